The zero-order valence-corrected chi connectivity index (χ0v) is 14.8. The van der Waals surface area contributed by atoms with Crippen molar-refractivity contribution in [1.29, 1.82) is 0 Å². The average Bonchev–Trinajstić information content (AvgIpc) is 2.94. The van der Waals surface area contributed by atoms with Gasteiger partial charge in [-0.2, -0.15) is 11.3 Å². The van der Waals surface area contributed by atoms with Crippen molar-refractivity contribution in [2.75, 3.05) is 12.4 Å². The number of nitrogens with zero attached hydrogens (tertiary/aromatic N) is 1. The van der Waals surface area contributed by atoms with E-state index in [0.717, 1.165) is 23.4 Å². The Bertz CT molecular complexity index is 626. The molecule has 0 radical (unpaired) electrons. The number of amides is 1. The molecule has 0 aliphatic rings. The number of carbonyl (C=O) groups excluding carboxylic acids is 1. The van der Waals surface area contributed by atoms with Gasteiger partial charge in [0.25, 0.3) is 0 Å². The summed E-state index contributed by atoms with van der Waals surface area (Å²) in [6.07, 6.45) is 0. The maximum absolute atomic E-state index is 12.5. The molecule has 1 aromatic carbocycles. The fourth-order valence-corrected chi connectivity index (χ4v) is 3.27. The molecule has 3 nitrogen and oxygen atoms in total. The van der Waals surface area contributed by atoms with Crippen LogP contribution in [0.15, 0.2) is 29.0 Å². The number of hydrogen-bond donors (Lipinski definition) is 1. The van der Waals surface area contributed by atoms with Crippen molar-refractivity contribution in [3.8, 4) is 0 Å². The second-order valence-electron chi connectivity index (χ2n) is 5.99. The van der Waals surface area contributed by atoms with Crippen molar-refractivity contribution in [2.45, 2.75) is 40.3 Å². The Morgan fingerprint density at radius 2 is 1.91 bits per heavy atom. The number of rotatable bonds is 5. The van der Waals surface area contributed by atoms with Crippen LogP contribution in [0, 0.1) is 20.8 Å². The van der Waals surface area contributed by atoms with E-state index >= 15 is 0 Å². The Balaban J connectivity index is 2.05. The van der Waals surface area contributed by atoms with E-state index in [1.54, 1.807) is 11.3 Å². The molecule has 0 unspecified atom stereocenters. The quantitative estimate of drug-likeness (QED) is 0.899. The van der Waals surface area contributed by atoms with Gasteiger partial charge < -0.3 is 5.32 Å². The summed E-state index contributed by atoms with van der Waals surface area (Å²) in [5, 5.41) is 7.27. The Morgan fingerprint density at radius 1 is 1.27 bits per heavy atom. The summed E-state index contributed by atoms with van der Waals surface area (Å²) in [6.45, 7) is 8.87. The van der Waals surface area contributed by atoms with Crippen LogP contribution < -0.4 is 5.32 Å². The van der Waals surface area contributed by atoms with Crippen LogP contribution >= 0.6 is 11.3 Å². The molecular weight excluding hydrogens is 292 g/mol. The van der Waals surface area contributed by atoms with Crippen molar-refractivity contribution < 1.29 is 4.79 Å². The van der Waals surface area contributed by atoms with E-state index in [0.29, 0.717) is 0 Å². The topological polar surface area (TPSA) is 32.3 Å². The number of carbonyl (C=O) groups is 1. The Hall–Kier alpha value is -1.65. The zero-order chi connectivity index (χ0) is 16.3. The molecule has 22 heavy (non-hydrogen) atoms. The number of benzene rings is 1. The van der Waals surface area contributed by atoms with Crippen LogP contribution in [0.1, 0.15) is 29.2 Å². The number of hydrogen-bond acceptors (Lipinski definition) is 3. The summed E-state index contributed by atoms with van der Waals surface area (Å²) >= 11 is 1.68. The monoisotopic (exact) mass is 316 g/mol. The predicted molar refractivity (Wildman–Crippen MR) is 94.5 cm³/mol. The molecule has 2 rings (SSSR count). The van der Waals surface area contributed by atoms with Gasteiger partial charge in [0.1, 0.15) is 0 Å². The van der Waals surface area contributed by atoms with E-state index in [1.807, 2.05) is 27.8 Å². The maximum Gasteiger partial charge on any atom is 0.241 e. The van der Waals surface area contributed by atoms with Crippen molar-refractivity contribution in [2.24, 2.45) is 0 Å². The molecule has 0 aliphatic heterocycles. The highest BCUT2D eigenvalue weighted by Crippen LogP contribution is 2.22. The van der Waals surface area contributed by atoms with Gasteiger partial charge in [-0.15, -0.1) is 0 Å². The lowest BCUT2D eigenvalue weighted by Gasteiger charge is -2.24. The van der Waals surface area contributed by atoms with Crippen LogP contribution in [0.25, 0.3) is 0 Å². The molecule has 1 aromatic heterocycles. The second kappa shape index (κ2) is 7.07. The minimum absolute atomic E-state index is 0.0350. The van der Waals surface area contributed by atoms with Gasteiger partial charge in [-0.05, 0) is 68.3 Å². The summed E-state index contributed by atoms with van der Waals surface area (Å²) in [5.74, 6) is 0.0350. The third-order valence-corrected chi connectivity index (χ3v) is 4.71. The lowest BCUT2D eigenvalue weighted by Crippen LogP contribution is -2.39. The fourth-order valence-electron chi connectivity index (χ4n) is 2.61. The van der Waals surface area contributed by atoms with E-state index < -0.39 is 0 Å². The summed E-state index contributed by atoms with van der Waals surface area (Å²) < 4.78 is 0. The summed E-state index contributed by atoms with van der Waals surface area (Å²) in [5.41, 5.74) is 5.62. The lowest BCUT2D eigenvalue weighted by molar-refractivity contribution is -0.120. The van der Waals surface area contributed by atoms with Gasteiger partial charge in [0.05, 0.1) is 6.04 Å². The summed E-state index contributed by atoms with van der Waals surface area (Å²) in [6, 6.07) is 6.12. The number of aryl methyl sites for hydroxylation is 3. The van der Waals surface area contributed by atoms with E-state index in [1.165, 1.54) is 11.1 Å². The summed E-state index contributed by atoms with van der Waals surface area (Å²) in [7, 11) is 1.98. The number of thiophene rings is 1. The molecule has 1 heterocycles. The number of anilines is 1. The first-order valence-electron chi connectivity index (χ1n) is 7.48. The van der Waals surface area contributed by atoms with Crippen molar-refractivity contribution >= 4 is 22.9 Å². The van der Waals surface area contributed by atoms with Crippen LogP contribution in [0.5, 0.6) is 0 Å². The number of likely N-dealkylation sites (N-methyl/N-ethyl adjacent to an activating group) is 1. The highest BCUT2D eigenvalue weighted by Gasteiger charge is 2.19. The van der Waals surface area contributed by atoms with Gasteiger partial charge in [-0.3, -0.25) is 9.69 Å². The Kier molecular flexibility index (Phi) is 5.37. The Labute approximate surface area is 137 Å². The largest absolute Gasteiger partial charge is 0.324 e. The third kappa shape index (κ3) is 3.96. The molecular formula is C18H24N2OS. The second-order valence-corrected chi connectivity index (χ2v) is 6.77. The molecule has 0 fully saturated rings. The van der Waals surface area contributed by atoms with Crippen LogP contribution in [0.3, 0.4) is 0 Å². The molecule has 2 aromatic rings. The van der Waals surface area contributed by atoms with Gasteiger partial charge in [0.2, 0.25) is 5.91 Å². The molecule has 1 amide bonds. The first-order valence-corrected chi connectivity index (χ1v) is 8.42. The highest BCUT2D eigenvalue weighted by atomic mass is 32.1. The van der Waals surface area contributed by atoms with Crippen LogP contribution in [-0.2, 0) is 11.3 Å². The first-order chi connectivity index (χ1) is 10.4. The van der Waals surface area contributed by atoms with Crippen molar-refractivity contribution in [1.82, 2.24) is 4.90 Å². The van der Waals surface area contributed by atoms with Gasteiger partial charge in [-0.25, -0.2) is 0 Å². The molecule has 0 saturated carbocycles. The molecule has 118 valence electrons. The SMILES string of the molecule is Cc1cc(C)c(NC(=O)[C@@H](C)N(C)Cc2ccsc2)c(C)c1. The third-order valence-electron chi connectivity index (χ3n) is 3.98. The van der Waals surface area contributed by atoms with E-state index in [9.17, 15) is 4.79 Å². The van der Waals surface area contributed by atoms with Gasteiger partial charge in [0, 0.05) is 12.2 Å². The molecule has 0 saturated heterocycles. The molecule has 4 heteroatoms. The van der Waals surface area contributed by atoms with E-state index in [4.69, 9.17) is 0 Å². The minimum Gasteiger partial charge on any atom is -0.324 e. The Morgan fingerprint density at radius 3 is 2.45 bits per heavy atom. The fraction of sp³-hybridized carbons (Fsp3) is 0.389. The van der Waals surface area contributed by atoms with Crippen LogP contribution in [0.2, 0.25) is 0 Å². The van der Waals surface area contributed by atoms with Crippen LogP contribution in [-0.4, -0.2) is 23.9 Å². The molecule has 0 aliphatic carbocycles. The molecule has 0 bridgehead atoms. The predicted octanol–water partition coefficient (Wildman–Crippen LogP) is 4.13. The zero-order valence-electron chi connectivity index (χ0n) is 13.9. The van der Waals surface area contributed by atoms with E-state index in [-0.39, 0.29) is 11.9 Å². The smallest absolute Gasteiger partial charge is 0.241 e. The van der Waals surface area contributed by atoms with Gasteiger partial charge >= 0.3 is 0 Å². The number of nitrogens with one attached hydrogen (secondary N) is 1. The van der Waals surface area contributed by atoms with Crippen molar-refractivity contribution in [3.05, 3.63) is 51.2 Å². The van der Waals surface area contributed by atoms with Crippen LogP contribution in [0.4, 0.5) is 5.69 Å². The molecule has 0 spiro atoms. The average molecular weight is 316 g/mol. The minimum atomic E-state index is -0.181. The molecule has 1 atom stereocenters. The van der Waals surface area contributed by atoms with Gasteiger partial charge in [-0.1, -0.05) is 17.7 Å². The summed E-state index contributed by atoms with van der Waals surface area (Å²) in [4.78, 5) is 14.6. The normalized spacial score (nSPS) is 12.5. The highest BCUT2D eigenvalue weighted by molar-refractivity contribution is 7.07. The molecule has 1 N–H and O–H groups in total. The standard InChI is InChI=1S/C18H24N2OS/c1-12-8-13(2)17(14(3)9-12)19-18(21)15(4)20(5)10-16-6-7-22-11-16/h6-9,11,15H,10H2,1-5H3,(H,19,21)/t15-/m1/s1. The van der Waals surface area contributed by atoms with Crippen molar-refractivity contribution in [3.63, 3.8) is 0 Å². The lowest BCUT2D eigenvalue weighted by atomic mass is 10.0. The van der Waals surface area contributed by atoms with E-state index in [2.05, 4.69) is 46.1 Å². The maximum atomic E-state index is 12.5. The van der Waals surface area contributed by atoms with Gasteiger partial charge in [0.15, 0.2) is 0 Å². The first kappa shape index (κ1) is 16.7.